The van der Waals surface area contributed by atoms with Gasteiger partial charge in [-0.25, -0.2) is 0 Å². The molecule has 0 unspecified atom stereocenters. The molecule has 1 aromatic rings. The number of nitrogens with one attached hydrogen (secondary N) is 2. The maximum absolute atomic E-state index is 12.4. The van der Waals surface area contributed by atoms with Gasteiger partial charge in [0.1, 0.15) is 6.04 Å². The summed E-state index contributed by atoms with van der Waals surface area (Å²) in [5.74, 6) is -0.111. The third kappa shape index (κ3) is 2.91. The summed E-state index contributed by atoms with van der Waals surface area (Å²) in [5, 5.41) is 6.62. The summed E-state index contributed by atoms with van der Waals surface area (Å²) in [6.45, 7) is 0. The molecule has 1 aliphatic heterocycles. The van der Waals surface area contributed by atoms with Gasteiger partial charge >= 0.3 is 0 Å². The van der Waals surface area contributed by atoms with Crippen LogP contribution in [0, 0.1) is 0 Å². The predicted octanol–water partition coefficient (Wildman–Crippen LogP) is 2.50. The molecule has 0 bridgehead atoms. The normalized spacial score (nSPS) is 23.9. The molecule has 112 valence electrons. The minimum absolute atomic E-state index is 0.0397. The van der Waals surface area contributed by atoms with E-state index in [1.807, 2.05) is 24.3 Å². The Balaban J connectivity index is 1.79. The van der Waals surface area contributed by atoms with Crippen molar-refractivity contribution in [1.29, 1.82) is 0 Å². The van der Waals surface area contributed by atoms with Gasteiger partial charge < -0.3 is 10.6 Å². The molecule has 0 aromatic heterocycles. The molecule has 0 spiro atoms. The zero-order valence-electron chi connectivity index (χ0n) is 11.8. The Bertz CT molecular complexity index is 550. The van der Waals surface area contributed by atoms with Gasteiger partial charge in [-0.3, -0.25) is 9.59 Å². The molecule has 1 aliphatic carbocycles. The Labute approximate surface area is 129 Å². The van der Waals surface area contributed by atoms with Crippen molar-refractivity contribution < 1.29 is 9.59 Å². The number of hydrogen-bond donors (Lipinski definition) is 2. The summed E-state index contributed by atoms with van der Waals surface area (Å²) in [6.07, 6.45) is 5.08. The largest absolute Gasteiger partial charge is 0.345 e. The first-order valence-corrected chi connectivity index (χ1v) is 7.84. The summed E-state index contributed by atoms with van der Waals surface area (Å²) < 4.78 is 0. The van der Waals surface area contributed by atoms with Crippen LogP contribution in [0.4, 0.5) is 0 Å². The molecular formula is C16H19ClN2O2. The van der Waals surface area contributed by atoms with Crippen molar-refractivity contribution in [1.82, 2.24) is 10.6 Å². The average molecular weight is 307 g/mol. The number of hydrogen-bond acceptors (Lipinski definition) is 2. The fourth-order valence-corrected chi connectivity index (χ4v) is 3.49. The number of carbonyl (C=O) groups is 2. The first-order chi connectivity index (χ1) is 10.1. The Morgan fingerprint density at radius 3 is 2.48 bits per heavy atom. The summed E-state index contributed by atoms with van der Waals surface area (Å²) >= 11 is 5.95. The maximum Gasteiger partial charge on any atom is 0.243 e. The minimum atomic E-state index is -0.387. The van der Waals surface area contributed by atoms with Gasteiger partial charge in [0.05, 0.1) is 5.54 Å². The van der Waals surface area contributed by atoms with Crippen LogP contribution in [-0.4, -0.2) is 17.9 Å². The lowest BCUT2D eigenvalue weighted by Crippen LogP contribution is -2.50. The number of halogens is 1. The second-order valence-corrected chi connectivity index (χ2v) is 6.38. The van der Waals surface area contributed by atoms with Crippen LogP contribution in [0.2, 0.25) is 5.02 Å². The van der Waals surface area contributed by atoms with Gasteiger partial charge in [-0.05, 0) is 37.0 Å². The second-order valence-electron chi connectivity index (χ2n) is 5.94. The van der Waals surface area contributed by atoms with Crippen LogP contribution in [0.3, 0.4) is 0 Å². The van der Waals surface area contributed by atoms with E-state index in [1.54, 1.807) is 0 Å². The highest BCUT2D eigenvalue weighted by Gasteiger charge is 2.39. The maximum atomic E-state index is 12.4. The van der Waals surface area contributed by atoms with Crippen LogP contribution < -0.4 is 10.6 Å². The van der Waals surface area contributed by atoms with E-state index in [0.717, 1.165) is 31.2 Å². The molecule has 3 rings (SSSR count). The summed E-state index contributed by atoms with van der Waals surface area (Å²) in [5.41, 5.74) is 0.789. The third-order valence-electron chi connectivity index (χ3n) is 4.53. The molecule has 2 amide bonds. The van der Waals surface area contributed by atoms with Gasteiger partial charge in [0, 0.05) is 11.4 Å². The highest BCUT2D eigenvalue weighted by atomic mass is 35.5. The molecule has 0 radical (unpaired) electrons. The quantitative estimate of drug-likeness (QED) is 0.901. The van der Waals surface area contributed by atoms with Gasteiger partial charge in [-0.15, -0.1) is 0 Å². The molecule has 5 heteroatoms. The van der Waals surface area contributed by atoms with Crippen LogP contribution >= 0.6 is 11.6 Å². The highest BCUT2D eigenvalue weighted by molar-refractivity contribution is 6.30. The van der Waals surface area contributed by atoms with Crippen LogP contribution in [0.25, 0.3) is 0 Å². The summed E-state index contributed by atoms with van der Waals surface area (Å²) in [6, 6.07) is 7.31. The number of carbonyl (C=O) groups excluding carboxylic acids is 2. The standard InChI is InChI=1S/C16H19ClN2O2/c17-12-5-3-11(4-6-12)16(9-1-2-10-16)19-15(21)13-7-8-14(20)18-13/h3-6,13H,1-2,7-10H2,(H,18,20)(H,19,21)/t13-/m1/s1. The number of amides is 2. The van der Waals surface area contributed by atoms with Crippen molar-refractivity contribution >= 4 is 23.4 Å². The second kappa shape index (κ2) is 5.68. The molecule has 1 atom stereocenters. The molecule has 21 heavy (non-hydrogen) atoms. The monoisotopic (exact) mass is 306 g/mol. The van der Waals surface area contributed by atoms with Gasteiger partial charge in [0.25, 0.3) is 0 Å². The van der Waals surface area contributed by atoms with Crippen molar-refractivity contribution in [2.45, 2.75) is 50.1 Å². The van der Waals surface area contributed by atoms with Crippen molar-refractivity contribution in [2.75, 3.05) is 0 Å². The van der Waals surface area contributed by atoms with Gasteiger partial charge in [0.15, 0.2) is 0 Å². The van der Waals surface area contributed by atoms with E-state index in [1.165, 1.54) is 0 Å². The SMILES string of the molecule is O=C1CC[C@H](C(=O)NC2(c3ccc(Cl)cc3)CCCC2)N1. The zero-order chi connectivity index (χ0) is 14.9. The molecule has 2 fully saturated rings. The van der Waals surface area contributed by atoms with Crippen LogP contribution in [0.1, 0.15) is 44.1 Å². The van der Waals surface area contributed by atoms with Gasteiger partial charge in [-0.1, -0.05) is 36.6 Å². The molecule has 1 saturated carbocycles. The average Bonchev–Trinajstić information content (AvgIpc) is 3.09. The molecule has 1 aromatic carbocycles. The van der Waals surface area contributed by atoms with Crippen molar-refractivity contribution in [3.63, 3.8) is 0 Å². The lowest BCUT2D eigenvalue weighted by molar-refractivity contribution is -0.127. The van der Waals surface area contributed by atoms with E-state index < -0.39 is 0 Å². The molecule has 2 N–H and O–H groups in total. The Hall–Kier alpha value is -1.55. The smallest absolute Gasteiger partial charge is 0.243 e. The Kier molecular flexibility index (Phi) is 3.89. The summed E-state index contributed by atoms with van der Waals surface area (Å²) in [4.78, 5) is 23.7. The first-order valence-electron chi connectivity index (χ1n) is 7.46. The molecular weight excluding hydrogens is 288 g/mol. The molecule has 2 aliphatic rings. The van der Waals surface area contributed by atoms with Crippen molar-refractivity contribution in [3.05, 3.63) is 34.9 Å². The van der Waals surface area contributed by atoms with E-state index in [0.29, 0.717) is 17.9 Å². The minimum Gasteiger partial charge on any atom is -0.345 e. The fraction of sp³-hybridized carbons (Fsp3) is 0.500. The van der Waals surface area contributed by atoms with Gasteiger partial charge in [-0.2, -0.15) is 0 Å². The number of benzene rings is 1. The topological polar surface area (TPSA) is 58.2 Å². The van der Waals surface area contributed by atoms with E-state index in [2.05, 4.69) is 10.6 Å². The highest BCUT2D eigenvalue weighted by Crippen LogP contribution is 2.39. The van der Waals surface area contributed by atoms with Crippen molar-refractivity contribution in [2.24, 2.45) is 0 Å². The number of rotatable bonds is 3. The zero-order valence-corrected chi connectivity index (χ0v) is 12.6. The van der Waals surface area contributed by atoms with Crippen LogP contribution in [0.5, 0.6) is 0 Å². The van der Waals surface area contributed by atoms with Crippen LogP contribution in [0.15, 0.2) is 24.3 Å². The fourth-order valence-electron chi connectivity index (χ4n) is 3.37. The van der Waals surface area contributed by atoms with Gasteiger partial charge in [0.2, 0.25) is 11.8 Å². The third-order valence-corrected chi connectivity index (χ3v) is 4.78. The lowest BCUT2D eigenvalue weighted by atomic mass is 9.87. The predicted molar refractivity (Wildman–Crippen MR) is 80.9 cm³/mol. The van der Waals surface area contributed by atoms with E-state index >= 15 is 0 Å². The van der Waals surface area contributed by atoms with E-state index in [9.17, 15) is 9.59 Å². The Morgan fingerprint density at radius 2 is 1.90 bits per heavy atom. The van der Waals surface area contributed by atoms with E-state index in [4.69, 9.17) is 11.6 Å². The van der Waals surface area contributed by atoms with E-state index in [-0.39, 0.29) is 23.4 Å². The molecule has 1 saturated heterocycles. The summed E-state index contributed by atoms with van der Waals surface area (Å²) in [7, 11) is 0. The lowest BCUT2D eigenvalue weighted by Gasteiger charge is -2.32. The van der Waals surface area contributed by atoms with Crippen LogP contribution in [-0.2, 0) is 15.1 Å². The molecule has 1 heterocycles. The molecule has 4 nitrogen and oxygen atoms in total. The Morgan fingerprint density at radius 1 is 1.24 bits per heavy atom. The van der Waals surface area contributed by atoms with Crippen molar-refractivity contribution in [3.8, 4) is 0 Å². The first kappa shape index (κ1) is 14.4.